The highest BCUT2D eigenvalue weighted by Gasteiger charge is 2.31. The molecule has 1 aromatic rings. The van der Waals surface area contributed by atoms with Crippen molar-refractivity contribution in [2.75, 3.05) is 20.1 Å². The first-order valence-electron chi connectivity index (χ1n) is 8.76. The van der Waals surface area contributed by atoms with E-state index in [-0.39, 0.29) is 30.1 Å². The van der Waals surface area contributed by atoms with Crippen LogP contribution >= 0.6 is 12.4 Å². The first-order valence-corrected chi connectivity index (χ1v) is 8.76. The molecule has 140 valence electrons. The van der Waals surface area contributed by atoms with Gasteiger partial charge >= 0.3 is 0 Å². The molecule has 1 fully saturated rings. The number of rotatable bonds is 5. The molecule has 1 aliphatic heterocycles. The summed E-state index contributed by atoms with van der Waals surface area (Å²) < 4.78 is 0. The van der Waals surface area contributed by atoms with E-state index in [1.807, 2.05) is 50.9 Å². The van der Waals surface area contributed by atoms with Gasteiger partial charge in [-0.05, 0) is 44.9 Å². The SMILES string of the molecule is CNC1CCCN(C(=O)C(NC(=O)c2cccc(C)c2)C(C)C)C1.Cl. The van der Waals surface area contributed by atoms with Crippen LogP contribution in [0.5, 0.6) is 0 Å². The van der Waals surface area contributed by atoms with Gasteiger partial charge in [-0.15, -0.1) is 12.4 Å². The lowest BCUT2D eigenvalue weighted by molar-refractivity contribution is -0.135. The number of carbonyl (C=O) groups excluding carboxylic acids is 2. The number of carbonyl (C=O) groups is 2. The average Bonchev–Trinajstić information content (AvgIpc) is 2.58. The second kappa shape index (κ2) is 9.78. The zero-order valence-electron chi connectivity index (χ0n) is 15.5. The summed E-state index contributed by atoms with van der Waals surface area (Å²) in [7, 11) is 1.93. The third-order valence-corrected chi connectivity index (χ3v) is 4.64. The number of nitrogens with zero attached hydrogens (tertiary/aromatic N) is 1. The van der Waals surface area contributed by atoms with Crippen molar-refractivity contribution in [3.63, 3.8) is 0 Å². The molecule has 1 heterocycles. The lowest BCUT2D eigenvalue weighted by Gasteiger charge is -2.36. The number of aryl methyl sites for hydroxylation is 1. The number of nitrogens with one attached hydrogen (secondary N) is 2. The molecule has 2 amide bonds. The predicted octanol–water partition coefficient (Wildman–Crippen LogP) is 2.38. The van der Waals surface area contributed by atoms with E-state index in [1.165, 1.54) is 0 Å². The smallest absolute Gasteiger partial charge is 0.251 e. The lowest BCUT2D eigenvalue weighted by atomic mass is 9.99. The van der Waals surface area contributed by atoms with Crippen molar-refractivity contribution in [2.24, 2.45) is 5.92 Å². The Balaban J connectivity index is 0.00000312. The summed E-state index contributed by atoms with van der Waals surface area (Å²) in [6, 6.07) is 7.28. The molecule has 1 aromatic carbocycles. The minimum absolute atomic E-state index is 0. The quantitative estimate of drug-likeness (QED) is 0.840. The molecule has 2 unspecified atom stereocenters. The van der Waals surface area contributed by atoms with Crippen LogP contribution in [-0.4, -0.2) is 48.9 Å². The van der Waals surface area contributed by atoms with E-state index in [0.29, 0.717) is 18.2 Å². The maximum atomic E-state index is 12.9. The average molecular weight is 368 g/mol. The van der Waals surface area contributed by atoms with Crippen LogP contribution in [0.3, 0.4) is 0 Å². The van der Waals surface area contributed by atoms with Crippen molar-refractivity contribution < 1.29 is 9.59 Å². The molecule has 2 rings (SSSR count). The maximum Gasteiger partial charge on any atom is 0.251 e. The highest BCUT2D eigenvalue weighted by molar-refractivity contribution is 5.97. The van der Waals surface area contributed by atoms with Gasteiger partial charge in [0.2, 0.25) is 5.91 Å². The van der Waals surface area contributed by atoms with Gasteiger partial charge in [-0.2, -0.15) is 0 Å². The molecule has 0 radical (unpaired) electrons. The highest BCUT2D eigenvalue weighted by Crippen LogP contribution is 2.15. The summed E-state index contributed by atoms with van der Waals surface area (Å²) in [5.41, 5.74) is 1.63. The van der Waals surface area contributed by atoms with Crippen LogP contribution in [0.1, 0.15) is 42.6 Å². The summed E-state index contributed by atoms with van der Waals surface area (Å²) in [6.45, 7) is 7.37. The number of likely N-dealkylation sites (tertiary alicyclic amines) is 1. The Morgan fingerprint density at radius 3 is 2.60 bits per heavy atom. The monoisotopic (exact) mass is 367 g/mol. The molecular formula is C19H30ClN3O2. The van der Waals surface area contributed by atoms with Crippen molar-refractivity contribution in [1.29, 1.82) is 0 Å². The van der Waals surface area contributed by atoms with Crippen LogP contribution in [0, 0.1) is 12.8 Å². The van der Waals surface area contributed by atoms with Crippen LogP contribution in [0.2, 0.25) is 0 Å². The van der Waals surface area contributed by atoms with Gasteiger partial charge in [0, 0.05) is 24.7 Å². The molecular weight excluding hydrogens is 338 g/mol. The lowest BCUT2D eigenvalue weighted by Crippen LogP contribution is -2.55. The zero-order valence-corrected chi connectivity index (χ0v) is 16.4. The summed E-state index contributed by atoms with van der Waals surface area (Å²) in [5.74, 6) is -0.125. The van der Waals surface area contributed by atoms with E-state index in [0.717, 1.165) is 24.9 Å². The van der Waals surface area contributed by atoms with Gasteiger partial charge in [-0.25, -0.2) is 0 Å². The second-order valence-electron chi connectivity index (χ2n) is 6.98. The summed E-state index contributed by atoms with van der Waals surface area (Å²) in [5, 5.41) is 6.19. The molecule has 1 aliphatic rings. The molecule has 6 heteroatoms. The van der Waals surface area contributed by atoms with Gasteiger partial charge < -0.3 is 15.5 Å². The standard InChI is InChI=1S/C19H29N3O2.ClH/c1-13(2)17(19(24)22-10-6-9-16(12-22)20-4)21-18(23)15-8-5-7-14(3)11-15;/h5,7-8,11,13,16-17,20H,6,9-10,12H2,1-4H3,(H,21,23);1H. The fraction of sp³-hybridized carbons (Fsp3) is 0.579. The maximum absolute atomic E-state index is 12.9. The third kappa shape index (κ3) is 5.72. The molecule has 0 bridgehead atoms. The molecule has 1 saturated heterocycles. The van der Waals surface area contributed by atoms with Gasteiger partial charge in [0.25, 0.3) is 5.91 Å². The Bertz CT molecular complexity index is 592. The topological polar surface area (TPSA) is 61.4 Å². The third-order valence-electron chi connectivity index (χ3n) is 4.64. The summed E-state index contributed by atoms with van der Waals surface area (Å²) in [6.07, 6.45) is 2.08. The van der Waals surface area contributed by atoms with Crippen molar-refractivity contribution in [3.05, 3.63) is 35.4 Å². The Hall–Kier alpha value is -1.59. The Morgan fingerprint density at radius 2 is 2.00 bits per heavy atom. The first kappa shape index (κ1) is 21.5. The predicted molar refractivity (Wildman–Crippen MR) is 103 cm³/mol. The molecule has 0 spiro atoms. The van der Waals surface area contributed by atoms with E-state index >= 15 is 0 Å². The molecule has 0 aromatic heterocycles. The van der Waals surface area contributed by atoms with E-state index in [9.17, 15) is 9.59 Å². The fourth-order valence-corrected chi connectivity index (χ4v) is 3.13. The molecule has 5 nitrogen and oxygen atoms in total. The van der Waals surface area contributed by atoms with Gasteiger partial charge in [-0.1, -0.05) is 31.5 Å². The number of piperidine rings is 1. The van der Waals surface area contributed by atoms with Crippen LogP contribution in [0.4, 0.5) is 0 Å². The summed E-state index contributed by atoms with van der Waals surface area (Å²) in [4.78, 5) is 27.3. The Kier molecular flexibility index (Phi) is 8.39. The van der Waals surface area contributed by atoms with Crippen molar-refractivity contribution in [3.8, 4) is 0 Å². The zero-order chi connectivity index (χ0) is 17.7. The van der Waals surface area contributed by atoms with E-state index in [4.69, 9.17) is 0 Å². The minimum Gasteiger partial charge on any atom is -0.340 e. The van der Waals surface area contributed by atoms with Gasteiger partial charge in [0.15, 0.2) is 0 Å². The molecule has 0 aliphatic carbocycles. The number of hydrogen-bond donors (Lipinski definition) is 2. The van der Waals surface area contributed by atoms with Gasteiger partial charge in [-0.3, -0.25) is 9.59 Å². The largest absolute Gasteiger partial charge is 0.340 e. The van der Waals surface area contributed by atoms with Crippen molar-refractivity contribution >= 4 is 24.2 Å². The van der Waals surface area contributed by atoms with Gasteiger partial charge in [0.05, 0.1) is 0 Å². The molecule has 2 atom stereocenters. The number of amides is 2. The van der Waals surface area contributed by atoms with E-state index in [2.05, 4.69) is 10.6 Å². The normalized spacial score (nSPS) is 18.4. The molecule has 25 heavy (non-hydrogen) atoms. The number of likely N-dealkylation sites (N-methyl/N-ethyl adjacent to an activating group) is 1. The van der Waals surface area contributed by atoms with E-state index < -0.39 is 6.04 Å². The Morgan fingerprint density at radius 1 is 1.28 bits per heavy atom. The van der Waals surface area contributed by atoms with Crippen molar-refractivity contribution in [2.45, 2.75) is 45.7 Å². The molecule has 0 saturated carbocycles. The van der Waals surface area contributed by atoms with Crippen LogP contribution in [0.15, 0.2) is 24.3 Å². The minimum atomic E-state index is -0.492. The highest BCUT2D eigenvalue weighted by atomic mass is 35.5. The number of benzene rings is 1. The van der Waals surface area contributed by atoms with Gasteiger partial charge in [0.1, 0.15) is 6.04 Å². The second-order valence-corrected chi connectivity index (χ2v) is 6.98. The first-order chi connectivity index (χ1) is 11.4. The Labute approximate surface area is 157 Å². The van der Waals surface area contributed by atoms with Crippen molar-refractivity contribution in [1.82, 2.24) is 15.5 Å². The molecule has 2 N–H and O–H groups in total. The van der Waals surface area contributed by atoms with Crippen LogP contribution < -0.4 is 10.6 Å². The summed E-state index contributed by atoms with van der Waals surface area (Å²) >= 11 is 0. The van der Waals surface area contributed by atoms with Crippen LogP contribution in [0.25, 0.3) is 0 Å². The fourth-order valence-electron chi connectivity index (χ4n) is 3.13. The van der Waals surface area contributed by atoms with E-state index in [1.54, 1.807) is 6.07 Å². The number of halogens is 1. The van der Waals surface area contributed by atoms with Crippen LogP contribution in [-0.2, 0) is 4.79 Å². The number of hydrogen-bond acceptors (Lipinski definition) is 3.